The molecule has 2 N–H and O–H groups in total. The molecule has 0 aliphatic rings. The summed E-state index contributed by atoms with van der Waals surface area (Å²) in [7, 11) is 1.63. The molecule has 0 saturated carbocycles. The largest absolute Gasteiger partial charge is 0.434 e. The van der Waals surface area contributed by atoms with E-state index in [1.165, 1.54) is 0 Å². The zero-order chi connectivity index (χ0) is 19.3. The number of rotatable bonds is 12. The third-order valence-corrected chi connectivity index (χ3v) is 4.16. The lowest BCUT2D eigenvalue weighted by molar-refractivity contribution is -0.140. The van der Waals surface area contributed by atoms with E-state index in [2.05, 4.69) is 27.5 Å². The average molecular weight is 396 g/mol. The molecule has 0 unspecified atom stereocenters. The van der Waals surface area contributed by atoms with Crippen molar-refractivity contribution in [2.24, 2.45) is 4.99 Å². The number of nitrogens with one attached hydrogen (secondary N) is 2. The second-order valence-corrected chi connectivity index (χ2v) is 6.32. The van der Waals surface area contributed by atoms with Crippen molar-refractivity contribution in [2.45, 2.75) is 32.4 Å². The molecule has 6 nitrogen and oxygen atoms in total. The van der Waals surface area contributed by atoms with Crippen LogP contribution in [0.4, 0.5) is 13.2 Å². The van der Waals surface area contributed by atoms with Crippen LogP contribution < -0.4 is 10.6 Å². The van der Waals surface area contributed by atoms with Crippen LogP contribution in [0.15, 0.2) is 10.4 Å². The van der Waals surface area contributed by atoms with Crippen molar-refractivity contribution in [3.05, 3.63) is 16.1 Å². The number of thiazole rings is 1. The predicted molar refractivity (Wildman–Crippen MR) is 96.7 cm³/mol. The first-order valence-electron chi connectivity index (χ1n) is 8.59. The molecule has 150 valence electrons. The lowest BCUT2D eigenvalue weighted by Gasteiger charge is -2.11. The van der Waals surface area contributed by atoms with Gasteiger partial charge in [0, 0.05) is 38.5 Å². The molecule has 0 atom stereocenters. The summed E-state index contributed by atoms with van der Waals surface area (Å²) in [5, 5.41) is 7.58. The Kier molecular flexibility index (Phi) is 11.2. The van der Waals surface area contributed by atoms with Gasteiger partial charge in [-0.3, -0.25) is 4.99 Å². The summed E-state index contributed by atoms with van der Waals surface area (Å²) in [5.74, 6) is 0.570. The van der Waals surface area contributed by atoms with E-state index in [-0.39, 0.29) is 0 Å². The van der Waals surface area contributed by atoms with Gasteiger partial charge >= 0.3 is 6.18 Å². The van der Waals surface area contributed by atoms with Gasteiger partial charge in [0.05, 0.1) is 24.8 Å². The number of unbranched alkanes of at least 4 members (excludes halogenated alkanes) is 1. The summed E-state index contributed by atoms with van der Waals surface area (Å²) in [6.07, 6.45) is -1.82. The van der Waals surface area contributed by atoms with Crippen LogP contribution in [0, 0.1) is 0 Å². The highest BCUT2D eigenvalue weighted by molar-refractivity contribution is 7.09. The minimum absolute atomic E-state index is 0.396. The van der Waals surface area contributed by atoms with Gasteiger partial charge in [-0.05, 0) is 6.42 Å². The molecule has 1 aromatic rings. The second-order valence-electron chi connectivity index (χ2n) is 5.38. The zero-order valence-corrected chi connectivity index (χ0v) is 16.0. The van der Waals surface area contributed by atoms with Crippen molar-refractivity contribution in [1.29, 1.82) is 0 Å². The Hall–Kier alpha value is -1.39. The van der Waals surface area contributed by atoms with Crippen LogP contribution in [0.1, 0.15) is 30.5 Å². The first-order chi connectivity index (χ1) is 12.5. The summed E-state index contributed by atoms with van der Waals surface area (Å²) in [5.41, 5.74) is -0.837. The molecular formula is C16H27F3N4O2S. The fourth-order valence-electron chi connectivity index (χ4n) is 1.87. The third kappa shape index (κ3) is 9.93. The number of ether oxygens (including phenoxy) is 2. The SMILES string of the molecule is CCCCOCCOCCNC(=NC)NCCc1nc(C(F)(F)F)cs1. The molecule has 0 aromatic carbocycles. The van der Waals surface area contributed by atoms with Crippen LogP contribution in [0.3, 0.4) is 0 Å². The molecule has 1 aromatic heterocycles. The molecule has 0 aliphatic heterocycles. The molecule has 0 bridgehead atoms. The van der Waals surface area contributed by atoms with Crippen molar-refractivity contribution < 1.29 is 22.6 Å². The van der Waals surface area contributed by atoms with Crippen LogP contribution in [-0.4, -0.2) is 57.5 Å². The molecule has 0 aliphatic carbocycles. The maximum absolute atomic E-state index is 12.5. The summed E-state index contributed by atoms with van der Waals surface area (Å²) in [4.78, 5) is 7.64. The van der Waals surface area contributed by atoms with Gasteiger partial charge < -0.3 is 20.1 Å². The highest BCUT2D eigenvalue weighted by atomic mass is 32.1. The number of halogens is 3. The van der Waals surface area contributed by atoms with Crippen molar-refractivity contribution >= 4 is 17.3 Å². The molecule has 0 amide bonds. The van der Waals surface area contributed by atoms with Crippen molar-refractivity contribution in [3.8, 4) is 0 Å². The third-order valence-electron chi connectivity index (χ3n) is 3.25. The number of alkyl halides is 3. The quantitative estimate of drug-likeness (QED) is 0.323. The topological polar surface area (TPSA) is 67.8 Å². The predicted octanol–water partition coefficient (Wildman–Crippen LogP) is 2.70. The van der Waals surface area contributed by atoms with E-state index in [0.29, 0.717) is 50.3 Å². The molecule has 0 saturated heterocycles. The summed E-state index contributed by atoms with van der Waals surface area (Å²) in [6.45, 7) is 5.53. The minimum Gasteiger partial charge on any atom is -0.379 e. The standard InChI is InChI=1S/C16H27F3N4O2S/c1-3-4-8-24-10-11-25-9-7-22-15(20-2)21-6-5-14-23-13(12-26-14)16(17,18)19/h12H,3-11H2,1-2H3,(H2,20,21,22). The van der Waals surface area contributed by atoms with Gasteiger partial charge in [0.15, 0.2) is 11.7 Å². The van der Waals surface area contributed by atoms with Crippen molar-refractivity contribution in [2.75, 3.05) is 46.6 Å². The number of guanidine groups is 1. The van der Waals surface area contributed by atoms with Crippen molar-refractivity contribution in [1.82, 2.24) is 15.6 Å². The fourth-order valence-corrected chi connectivity index (χ4v) is 2.68. The fraction of sp³-hybridized carbons (Fsp3) is 0.750. The van der Waals surface area contributed by atoms with Crippen LogP contribution in [-0.2, 0) is 22.1 Å². The number of hydrogen-bond donors (Lipinski definition) is 2. The zero-order valence-electron chi connectivity index (χ0n) is 15.2. The van der Waals surface area contributed by atoms with E-state index in [0.717, 1.165) is 36.2 Å². The Labute approximate surface area is 156 Å². The van der Waals surface area contributed by atoms with Gasteiger partial charge in [-0.1, -0.05) is 13.3 Å². The molecule has 1 rings (SSSR count). The maximum Gasteiger partial charge on any atom is 0.434 e. The smallest absolute Gasteiger partial charge is 0.379 e. The van der Waals surface area contributed by atoms with Crippen LogP contribution in [0.5, 0.6) is 0 Å². The number of aliphatic imine (C=N–C) groups is 1. The molecule has 10 heteroatoms. The molecule has 26 heavy (non-hydrogen) atoms. The van der Waals surface area contributed by atoms with Gasteiger partial charge in [-0.15, -0.1) is 11.3 Å². The average Bonchev–Trinajstić information content (AvgIpc) is 3.08. The Morgan fingerprint density at radius 3 is 2.46 bits per heavy atom. The van der Waals surface area contributed by atoms with Crippen LogP contribution >= 0.6 is 11.3 Å². The Bertz CT molecular complexity index is 524. The van der Waals surface area contributed by atoms with E-state index >= 15 is 0 Å². The second kappa shape index (κ2) is 12.9. The Morgan fingerprint density at radius 1 is 1.15 bits per heavy atom. The molecule has 0 spiro atoms. The van der Waals surface area contributed by atoms with E-state index in [9.17, 15) is 13.2 Å². The number of hydrogen-bond acceptors (Lipinski definition) is 5. The van der Waals surface area contributed by atoms with Gasteiger partial charge in [-0.2, -0.15) is 13.2 Å². The first-order valence-corrected chi connectivity index (χ1v) is 9.47. The molecule has 1 heterocycles. The van der Waals surface area contributed by atoms with Gasteiger partial charge in [0.1, 0.15) is 0 Å². The maximum atomic E-state index is 12.5. The monoisotopic (exact) mass is 396 g/mol. The Balaban J connectivity index is 2.09. The van der Waals surface area contributed by atoms with Gasteiger partial charge in [0.25, 0.3) is 0 Å². The summed E-state index contributed by atoms with van der Waals surface area (Å²) >= 11 is 1.01. The normalized spacial score (nSPS) is 12.4. The minimum atomic E-state index is -4.39. The van der Waals surface area contributed by atoms with E-state index in [1.807, 2.05) is 0 Å². The molecule has 0 fully saturated rings. The molecule has 0 radical (unpaired) electrons. The van der Waals surface area contributed by atoms with Gasteiger partial charge in [-0.25, -0.2) is 4.98 Å². The van der Waals surface area contributed by atoms with E-state index in [4.69, 9.17) is 9.47 Å². The van der Waals surface area contributed by atoms with Gasteiger partial charge in [0.2, 0.25) is 0 Å². The summed E-state index contributed by atoms with van der Waals surface area (Å²) < 4.78 is 48.3. The first kappa shape index (κ1) is 22.7. The lowest BCUT2D eigenvalue weighted by Crippen LogP contribution is -2.39. The van der Waals surface area contributed by atoms with Crippen molar-refractivity contribution in [3.63, 3.8) is 0 Å². The lowest BCUT2D eigenvalue weighted by atomic mass is 10.4. The highest BCUT2D eigenvalue weighted by Crippen LogP contribution is 2.29. The van der Waals surface area contributed by atoms with Crippen LogP contribution in [0.25, 0.3) is 0 Å². The number of nitrogens with zero attached hydrogens (tertiary/aromatic N) is 2. The highest BCUT2D eigenvalue weighted by Gasteiger charge is 2.33. The number of aromatic nitrogens is 1. The van der Waals surface area contributed by atoms with E-state index in [1.54, 1.807) is 7.05 Å². The molecular weight excluding hydrogens is 369 g/mol. The summed E-state index contributed by atoms with van der Waals surface area (Å²) in [6, 6.07) is 0. The Morgan fingerprint density at radius 2 is 1.85 bits per heavy atom. The van der Waals surface area contributed by atoms with E-state index < -0.39 is 11.9 Å². The van der Waals surface area contributed by atoms with Crippen LogP contribution in [0.2, 0.25) is 0 Å².